The Morgan fingerprint density at radius 3 is 2.48 bits per heavy atom. The smallest absolute Gasteiger partial charge is 0.318 e. The van der Waals surface area contributed by atoms with E-state index in [0.717, 1.165) is 5.69 Å². The van der Waals surface area contributed by atoms with Crippen molar-refractivity contribution in [3.8, 4) is 0 Å². The second-order valence-electron chi connectivity index (χ2n) is 5.44. The second kappa shape index (κ2) is 6.92. The van der Waals surface area contributed by atoms with Crippen molar-refractivity contribution in [3.05, 3.63) is 52.9 Å². The molecule has 1 aromatic heterocycles. The molecule has 8 heteroatoms. The number of nitrogens with one attached hydrogen (secondary N) is 1. The fraction of sp³-hybridized carbons (Fsp3) is 0.235. The molecule has 0 aliphatic rings. The number of anilines is 1. The van der Waals surface area contributed by atoms with E-state index in [1.54, 1.807) is 37.0 Å². The Hall–Kier alpha value is -2.90. The van der Waals surface area contributed by atoms with Gasteiger partial charge in [-0.1, -0.05) is 18.2 Å². The highest BCUT2D eigenvalue weighted by atomic mass is 19.4. The summed E-state index contributed by atoms with van der Waals surface area (Å²) >= 11 is 0. The number of nitrogens with zero attached hydrogens (tertiary/aromatic N) is 2. The third kappa shape index (κ3) is 4.34. The van der Waals surface area contributed by atoms with E-state index in [1.807, 2.05) is 0 Å². The molecular weight excluding hydrogens is 335 g/mol. The van der Waals surface area contributed by atoms with Gasteiger partial charge in [-0.3, -0.25) is 14.3 Å². The zero-order valence-electron chi connectivity index (χ0n) is 13.8. The van der Waals surface area contributed by atoms with E-state index < -0.39 is 12.1 Å². The number of allylic oxidation sites excluding steroid dienone is 1. The predicted molar refractivity (Wildman–Crippen MR) is 87.2 cm³/mol. The van der Waals surface area contributed by atoms with Crippen LogP contribution in [0.15, 0.2) is 30.3 Å². The quantitative estimate of drug-likeness (QED) is 0.678. The first-order valence-electron chi connectivity index (χ1n) is 7.30. The van der Waals surface area contributed by atoms with Crippen molar-refractivity contribution < 1.29 is 22.8 Å². The number of aromatic nitrogens is 2. The zero-order chi connectivity index (χ0) is 18.8. The summed E-state index contributed by atoms with van der Waals surface area (Å²) < 4.78 is 38.4. The van der Waals surface area contributed by atoms with E-state index in [-0.39, 0.29) is 11.5 Å². The fourth-order valence-electron chi connectivity index (χ4n) is 2.31. The van der Waals surface area contributed by atoms with Crippen LogP contribution in [0, 0.1) is 13.8 Å². The zero-order valence-corrected chi connectivity index (χ0v) is 13.8. The van der Waals surface area contributed by atoms with Crippen molar-refractivity contribution in [2.45, 2.75) is 20.0 Å². The first kappa shape index (κ1) is 18.4. The second-order valence-corrected chi connectivity index (χ2v) is 5.44. The van der Waals surface area contributed by atoms with Crippen LogP contribution in [0.2, 0.25) is 0 Å². The van der Waals surface area contributed by atoms with Crippen LogP contribution < -0.4 is 5.32 Å². The van der Waals surface area contributed by atoms with Crippen LogP contribution in [0.25, 0.3) is 6.08 Å². The number of hydrogen-bond acceptors (Lipinski definition) is 3. The van der Waals surface area contributed by atoms with Gasteiger partial charge in [0.2, 0.25) is 0 Å². The van der Waals surface area contributed by atoms with Crippen molar-refractivity contribution in [1.82, 2.24) is 9.78 Å². The summed E-state index contributed by atoms with van der Waals surface area (Å²) in [7, 11) is 1.73. The van der Waals surface area contributed by atoms with E-state index in [4.69, 9.17) is 0 Å². The van der Waals surface area contributed by atoms with Crippen molar-refractivity contribution in [1.29, 1.82) is 0 Å². The molecule has 0 radical (unpaired) electrons. The molecule has 1 aromatic carbocycles. The van der Waals surface area contributed by atoms with E-state index in [2.05, 4.69) is 5.10 Å². The molecule has 132 valence electrons. The molecule has 2 aromatic rings. The minimum Gasteiger partial charge on any atom is -0.318 e. The van der Waals surface area contributed by atoms with Gasteiger partial charge in [0.05, 0.1) is 11.3 Å². The molecule has 2 rings (SSSR count). The predicted octanol–water partition coefficient (Wildman–Crippen LogP) is 3.43. The monoisotopic (exact) mass is 351 g/mol. The third-order valence-corrected chi connectivity index (χ3v) is 3.58. The van der Waals surface area contributed by atoms with Gasteiger partial charge in [-0.25, -0.2) is 0 Å². The average molecular weight is 351 g/mol. The summed E-state index contributed by atoms with van der Waals surface area (Å²) in [6.07, 6.45) is -2.17. The highest BCUT2D eigenvalue weighted by molar-refractivity contribution is 6.08. The van der Waals surface area contributed by atoms with Crippen LogP contribution in [-0.2, 0) is 11.8 Å². The number of aryl methyl sites for hydroxylation is 2. The number of carbonyl (C=O) groups is 2. The van der Waals surface area contributed by atoms with Crippen LogP contribution in [0.3, 0.4) is 0 Å². The third-order valence-electron chi connectivity index (χ3n) is 3.58. The summed E-state index contributed by atoms with van der Waals surface area (Å²) in [6, 6.07) is 5.77. The van der Waals surface area contributed by atoms with E-state index in [0.29, 0.717) is 16.8 Å². The maximum atomic E-state index is 12.3. The Balaban J connectivity index is 2.18. The van der Waals surface area contributed by atoms with Crippen LogP contribution in [0.4, 0.5) is 18.9 Å². The number of alkyl halides is 3. The molecule has 0 atom stereocenters. The van der Waals surface area contributed by atoms with E-state index in [9.17, 15) is 22.8 Å². The van der Waals surface area contributed by atoms with Crippen LogP contribution in [-0.4, -0.2) is 27.6 Å². The Bertz CT molecular complexity index is 851. The van der Waals surface area contributed by atoms with Gasteiger partial charge in [0, 0.05) is 18.4 Å². The molecule has 0 unspecified atom stereocenters. The molecule has 0 aliphatic heterocycles. The van der Waals surface area contributed by atoms with Crippen LogP contribution in [0.5, 0.6) is 0 Å². The highest BCUT2D eigenvalue weighted by Crippen LogP contribution is 2.20. The Morgan fingerprint density at radius 2 is 1.92 bits per heavy atom. The summed E-state index contributed by atoms with van der Waals surface area (Å²) in [5.41, 5.74) is 2.28. The molecule has 0 aliphatic carbocycles. The van der Waals surface area contributed by atoms with E-state index in [1.165, 1.54) is 30.4 Å². The molecule has 0 spiro atoms. The topological polar surface area (TPSA) is 64.0 Å². The number of hydrogen-bond donors (Lipinski definition) is 1. The fourth-order valence-corrected chi connectivity index (χ4v) is 2.31. The summed E-state index contributed by atoms with van der Waals surface area (Å²) in [6.45, 7) is 3.50. The number of rotatable bonds is 4. The molecule has 1 amide bonds. The minimum absolute atomic E-state index is 0.00865. The lowest BCUT2D eigenvalue weighted by atomic mass is 10.1. The molecule has 1 heterocycles. The number of carbonyl (C=O) groups excluding carboxylic acids is 2. The van der Waals surface area contributed by atoms with Crippen molar-refractivity contribution in [3.63, 3.8) is 0 Å². The lowest BCUT2D eigenvalue weighted by Gasteiger charge is -2.08. The van der Waals surface area contributed by atoms with Crippen LogP contribution >= 0.6 is 0 Å². The standard InChI is InChI=1S/C17H16F3N3O2/c1-10-15(11(2)23(3)22-10)14(24)8-7-12-5-4-6-13(9-12)21-16(25)17(18,19)20/h4-9H,1-3H3,(H,21,25). The molecule has 0 bridgehead atoms. The number of halogens is 3. The highest BCUT2D eigenvalue weighted by Gasteiger charge is 2.38. The molecule has 5 nitrogen and oxygen atoms in total. The van der Waals surface area contributed by atoms with Gasteiger partial charge in [-0.15, -0.1) is 0 Å². The van der Waals surface area contributed by atoms with Gasteiger partial charge in [0.1, 0.15) is 0 Å². The van der Waals surface area contributed by atoms with Crippen molar-refractivity contribution in [2.24, 2.45) is 7.05 Å². The molecule has 25 heavy (non-hydrogen) atoms. The van der Waals surface area contributed by atoms with Gasteiger partial charge in [-0.05, 0) is 37.6 Å². The lowest BCUT2D eigenvalue weighted by Crippen LogP contribution is -2.29. The Labute approximate surface area is 142 Å². The first-order chi connectivity index (χ1) is 11.6. The SMILES string of the molecule is Cc1nn(C)c(C)c1C(=O)C=Cc1cccc(NC(=O)C(F)(F)F)c1. The van der Waals surface area contributed by atoms with Gasteiger partial charge in [0.25, 0.3) is 0 Å². The number of benzene rings is 1. The molecule has 0 saturated heterocycles. The summed E-state index contributed by atoms with van der Waals surface area (Å²) in [5, 5.41) is 5.93. The Kier molecular flexibility index (Phi) is 5.10. The Morgan fingerprint density at radius 1 is 1.24 bits per heavy atom. The lowest BCUT2D eigenvalue weighted by molar-refractivity contribution is -0.167. The molecule has 1 N–H and O–H groups in total. The molecule has 0 fully saturated rings. The number of ketones is 1. The number of amides is 1. The van der Waals surface area contributed by atoms with Gasteiger partial charge < -0.3 is 5.32 Å². The first-order valence-corrected chi connectivity index (χ1v) is 7.30. The van der Waals surface area contributed by atoms with E-state index >= 15 is 0 Å². The van der Waals surface area contributed by atoms with Crippen molar-refractivity contribution in [2.75, 3.05) is 5.32 Å². The van der Waals surface area contributed by atoms with Crippen LogP contribution in [0.1, 0.15) is 27.3 Å². The molecular formula is C17H16F3N3O2. The average Bonchev–Trinajstić information content (AvgIpc) is 2.77. The van der Waals surface area contributed by atoms with Gasteiger partial charge >= 0.3 is 12.1 Å². The normalized spacial score (nSPS) is 11.8. The largest absolute Gasteiger partial charge is 0.471 e. The van der Waals surface area contributed by atoms with Gasteiger partial charge in [-0.2, -0.15) is 18.3 Å². The summed E-state index contributed by atoms with van der Waals surface area (Å²) in [4.78, 5) is 23.3. The molecule has 0 saturated carbocycles. The maximum Gasteiger partial charge on any atom is 0.471 e. The van der Waals surface area contributed by atoms with Crippen molar-refractivity contribution >= 4 is 23.5 Å². The minimum atomic E-state index is -4.96. The van der Waals surface area contributed by atoms with Gasteiger partial charge in [0.15, 0.2) is 5.78 Å². The maximum absolute atomic E-state index is 12.3. The summed E-state index contributed by atoms with van der Waals surface area (Å²) in [5.74, 6) is -2.31.